The second-order valence-electron chi connectivity index (χ2n) is 3.66. The predicted octanol–water partition coefficient (Wildman–Crippen LogP) is 2.69. The van der Waals surface area contributed by atoms with Crippen molar-refractivity contribution in [1.82, 2.24) is 4.98 Å². The van der Waals surface area contributed by atoms with E-state index in [1.165, 1.54) is 6.20 Å². The molecule has 2 rings (SSSR count). The van der Waals surface area contributed by atoms with Crippen LogP contribution < -0.4 is 5.32 Å². The molecule has 0 aliphatic rings. The zero-order valence-electron chi connectivity index (χ0n) is 9.08. The number of anilines is 1. The molecule has 0 bridgehead atoms. The molecule has 0 saturated carbocycles. The number of carboxylic acid groups (broad SMARTS) is 1. The number of nitrogens with one attached hydrogen (secondary N) is 2. The first-order chi connectivity index (χ1) is 7.74. The predicted molar refractivity (Wildman–Crippen MR) is 64.0 cm³/mol. The van der Waals surface area contributed by atoms with Gasteiger partial charge in [-0.15, -0.1) is 0 Å². The molecule has 0 unspecified atom stereocenters. The quantitative estimate of drug-likeness (QED) is 0.739. The molecule has 4 nitrogen and oxygen atoms in total. The number of aromatic amines is 1. The van der Waals surface area contributed by atoms with Crippen LogP contribution >= 0.6 is 0 Å². The SMILES string of the molecule is CCCNc1cccc2[nH]cc(C(=O)O)c12. The molecule has 3 N–H and O–H groups in total. The van der Waals surface area contributed by atoms with E-state index in [9.17, 15) is 4.79 Å². The van der Waals surface area contributed by atoms with Gasteiger partial charge >= 0.3 is 5.97 Å². The van der Waals surface area contributed by atoms with Crippen molar-refractivity contribution in [3.05, 3.63) is 30.0 Å². The van der Waals surface area contributed by atoms with Gasteiger partial charge in [-0.3, -0.25) is 0 Å². The lowest BCUT2D eigenvalue weighted by molar-refractivity contribution is 0.0699. The topological polar surface area (TPSA) is 65.1 Å². The van der Waals surface area contributed by atoms with Crippen LogP contribution in [0, 0.1) is 0 Å². The zero-order valence-corrected chi connectivity index (χ0v) is 9.08. The maximum atomic E-state index is 11.1. The molecule has 0 atom stereocenters. The minimum Gasteiger partial charge on any atom is -0.478 e. The van der Waals surface area contributed by atoms with Crippen molar-refractivity contribution in [2.75, 3.05) is 11.9 Å². The number of carboxylic acids is 1. The number of hydrogen-bond acceptors (Lipinski definition) is 2. The van der Waals surface area contributed by atoms with Crippen LogP contribution in [0.1, 0.15) is 23.7 Å². The Balaban J connectivity index is 2.54. The van der Waals surface area contributed by atoms with Gasteiger partial charge in [-0.05, 0) is 18.6 Å². The molecule has 0 fully saturated rings. The van der Waals surface area contributed by atoms with Gasteiger partial charge in [0, 0.05) is 29.3 Å². The Morgan fingerprint density at radius 1 is 1.50 bits per heavy atom. The molecular formula is C12H14N2O2. The fourth-order valence-corrected chi connectivity index (χ4v) is 1.76. The lowest BCUT2D eigenvalue weighted by Gasteiger charge is -2.06. The molecule has 1 aromatic carbocycles. The zero-order chi connectivity index (χ0) is 11.5. The van der Waals surface area contributed by atoms with Crippen molar-refractivity contribution in [2.45, 2.75) is 13.3 Å². The molecule has 4 heteroatoms. The molecule has 1 aromatic heterocycles. The highest BCUT2D eigenvalue weighted by Crippen LogP contribution is 2.26. The minimum absolute atomic E-state index is 0.314. The summed E-state index contributed by atoms with van der Waals surface area (Å²) in [6.45, 7) is 2.91. The Kier molecular flexibility index (Phi) is 2.81. The van der Waals surface area contributed by atoms with Crippen LogP contribution in [-0.2, 0) is 0 Å². The fraction of sp³-hybridized carbons (Fsp3) is 0.250. The summed E-state index contributed by atoms with van der Waals surface area (Å²) in [7, 11) is 0. The summed E-state index contributed by atoms with van der Waals surface area (Å²) < 4.78 is 0. The summed E-state index contributed by atoms with van der Waals surface area (Å²) in [5, 5.41) is 13.1. The Bertz CT molecular complexity index is 517. The summed E-state index contributed by atoms with van der Waals surface area (Å²) in [5.74, 6) is -0.906. The Labute approximate surface area is 93.3 Å². The van der Waals surface area contributed by atoms with Gasteiger partial charge in [0.2, 0.25) is 0 Å². The van der Waals surface area contributed by atoms with E-state index < -0.39 is 5.97 Å². The number of hydrogen-bond donors (Lipinski definition) is 3. The van der Waals surface area contributed by atoms with Gasteiger partial charge in [-0.1, -0.05) is 13.0 Å². The van der Waals surface area contributed by atoms with Gasteiger partial charge in [0.25, 0.3) is 0 Å². The van der Waals surface area contributed by atoms with Crippen molar-refractivity contribution < 1.29 is 9.90 Å². The van der Waals surface area contributed by atoms with Gasteiger partial charge in [0.15, 0.2) is 0 Å². The number of rotatable bonds is 4. The maximum Gasteiger partial charge on any atom is 0.337 e. The van der Waals surface area contributed by atoms with Crippen LogP contribution in [0.5, 0.6) is 0 Å². The smallest absolute Gasteiger partial charge is 0.337 e. The van der Waals surface area contributed by atoms with E-state index in [1.54, 1.807) is 0 Å². The van der Waals surface area contributed by atoms with E-state index in [0.717, 1.165) is 29.6 Å². The van der Waals surface area contributed by atoms with Crippen molar-refractivity contribution in [3.8, 4) is 0 Å². The average Bonchev–Trinajstić information content (AvgIpc) is 2.70. The van der Waals surface area contributed by atoms with Gasteiger partial charge in [-0.2, -0.15) is 0 Å². The third-order valence-corrected chi connectivity index (χ3v) is 2.50. The monoisotopic (exact) mass is 218 g/mol. The van der Waals surface area contributed by atoms with Crippen molar-refractivity contribution >= 4 is 22.6 Å². The minimum atomic E-state index is -0.906. The Hall–Kier alpha value is -1.97. The van der Waals surface area contributed by atoms with E-state index >= 15 is 0 Å². The van der Waals surface area contributed by atoms with Crippen LogP contribution in [0.4, 0.5) is 5.69 Å². The maximum absolute atomic E-state index is 11.1. The van der Waals surface area contributed by atoms with Crippen LogP contribution in [0.25, 0.3) is 10.9 Å². The summed E-state index contributed by atoms with van der Waals surface area (Å²) in [6, 6.07) is 5.68. The van der Waals surface area contributed by atoms with Crippen molar-refractivity contribution in [1.29, 1.82) is 0 Å². The van der Waals surface area contributed by atoms with Gasteiger partial charge in [-0.25, -0.2) is 4.79 Å². The number of H-pyrrole nitrogens is 1. The third-order valence-electron chi connectivity index (χ3n) is 2.50. The van der Waals surface area contributed by atoms with E-state index in [1.807, 2.05) is 18.2 Å². The number of aromatic carboxylic acids is 1. The average molecular weight is 218 g/mol. The largest absolute Gasteiger partial charge is 0.478 e. The molecule has 2 aromatic rings. The van der Waals surface area contributed by atoms with Crippen LogP contribution in [0.2, 0.25) is 0 Å². The van der Waals surface area contributed by atoms with E-state index in [2.05, 4.69) is 17.2 Å². The molecule has 16 heavy (non-hydrogen) atoms. The highest BCUT2D eigenvalue weighted by atomic mass is 16.4. The number of fused-ring (bicyclic) bond motifs is 1. The lowest BCUT2D eigenvalue weighted by Crippen LogP contribution is -2.02. The summed E-state index contributed by atoms with van der Waals surface area (Å²) >= 11 is 0. The molecule has 0 amide bonds. The molecule has 0 saturated heterocycles. The number of benzene rings is 1. The fourth-order valence-electron chi connectivity index (χ4n) is 1.76. The third kappa shape index (κ3) is 1.74. The summed E-state index contributed by atoms with van der Waals surface area (Å²) in [4.78, 5) is 14.0. The second kappa shape index (κ2) is 4.26. The van der Waals surface area contributed by atoms with Crippen LogP contribution in [0.15, 0.2) is 24.4 Å². The van der Waals surface area contributed by atoms with Crippen molar-refractivity contribution in [2.24, 2.45) is 0 Å². The van der Waals surface area contributed by atoms with E-state index in [4.69, 9.17) is 5.11 Å². The first-order valence-corrected chi connectivity index (χ1v) is 5.31. The van der Waals surface area contributed by atoms with Crippen LogP contribution in [-0.4, -0.2) is 22.6 Å². The highest BCUT2D eigenvalue weighted by Gasteiger charge is 2.13. The molecular weight excluding hydrogens is 204 g/mol. The molecule has 0 aliphatic heterocycles. The molecule has 0 aliphatic carbocycles. The standard InChI is InChI=1S/C12H14N2O2/c1-2-6-13-9-4-3-5-10-11(9)8(7-14-10)12(15)16/h3-5,7,13-14H,2,6H2,1H3,(H,15,16). The van der Waals surface area contributed by atoms with Crippen molar-refractivity contribution in [3.63, 3.8) is 0 Å². The first-order valence-electron chi connectivity index (χ1n) is 5.31. The lowest BCUT2D eigenvalue weighted by atomic mass is 10.1. The number of carbonyl (C=O) groups is 1. The molecule has 1 heterocycles. The molecule has 84 valence electrons. The molecule has 0 spiro atoms. The van der Waals surface area contributed by atoms with Gasteiger partial charge in [0.05, 0.1) is 5.56 Å². The highest BCUT2D eigenvalue weighted by molar-refractivity contribution is 6.08. The number of aromatic nitrogens is 1. The Morgan fingerprint density at radius 3 is 3.00 bits per heavy atom. The first kappa shape index (κ1) is 10.5. The van der Waals surface area contributed by atoms with Gasteiger partial charge < -0.3 is 15.4 Å². The Morgan fingerprint density at radius 2 is 2.31 bits per heavy atom. The van der Waals surface area contributed by atoms with E-state index in [0.29, 0.717) is 5.56 Å². The van der Waals surface area contributed by atoms with Gasteiger partial charge in [0.1, 0.15) is 0 Å². The summed E-state index contributed by atoms with van der Waals surface area (Å²) in [6.07, 6.45) is 2.54. The normalized spacial score (nSPS) is 10.6. The molecule has 0 radical (unpaired) electrons. The second-order valence-corrected chi connectivity index (χ2v) is 3.66. The van der Waals surface area contributed by atoms with E-state index in [-0.39, 0.29) is 0 Å². The summed E-state index contributed by atoms with van der Waals surface area (Å²) in [5.41, 5.74) is 2.03. The van der Waals surface area contributed by atoms with Crippen LogP contribution in [0.3, 0.4) is 0 Å².